The highest BCUT2D eigenvalue weighted by Crippen LogP contribution is 2.28. The number of nitrogens with one attached hydrogen (secondary N) is 1. The highest BCUT2D eigenvalue weighted by molar-refractivity contribution is 8.01. The first-order valence-electron chi connectivity index (χ1n) is 8.94. The molecular formula is C17H23N5O4S3. The number of thioether (sulfide) groups is 1. The third kappa shape index (κ3) is 5.66. The maximum Gasteiger partial charge on any atom is 0.242 e. The second kappa shape index (κ2) is 9.85. The van der Waals surface area contributed by atoms with E-state index in [4.69, 9.17) is 4.74 Å². The van der Waals surface area contributed by atoms with Gasteiger partial charge in [0.2, 0.25) is 21.1 Å². The van der Waals surface area contributed by atoms with Crippen molar-refractivity contribution in [2.45, 2.75) is 15.8 Å². The number of ether oxygens (including phenoxy) is 1. The summed E-state index contributed by atoms with van der Waals surface area (Å²) in [6.07, 6.45) is 0. The number of morpholine rings is 1. The summed E-state index contributed by atoms with van der Waals surface area (Å²) in [6, 6.07) is 6.65. The van der Waals surface area contributed by atoms with E-state index in [1.54, 1.807) is 24.3 Å². The van der Waals surface area contributed by atoms with Gasteiger partial charge in [-0.25, -0.2) is 12.7 Å². The molecule has 0 bridgehead atoms. The zero-order valence-electron chi connectivity index (χ0n) is 16.2. The summed E-state index contributed by atoms with van der Waals surface area (Å²) in [7, 11) is -0.611. The Bertz CT molecular complexity index is 942. The Kier molecular flexibility index (Phi) is 7.46. The first-order valence-corrected chi connectivity index (χ1v) is 12.2. The molecule has 1 aromatic heterocycles. The summed E-state index contributed by atoms with van der Waals surface area (Å²) < 4.78 is 32.1. The molecule has 12 heteroatoms. The van der Waals surface area contributed by atoms with Gasteiger partial charge in [0.1, 0.15) is 0 Å². The second-order valence-electron chi connectivity index (χ2n) is 6.41. The molecule has 1 aliphatic heterocycles. The minimum absolute atomic E-state index is 0.137. The summed E-state index contributed by atoms with van der Waals surface area (Å²) in [4.78, 5) is 14.5. The van der Waals surface area contributed by atoms with Gasteiger partial charge >= 0.3 is 0 Å². The van der Waals surface area contributed by atoms with E-state index >= 15 is 0 Å². The summed E-state index contributed by atoms with van der Waals surface area (Å²) >= 11 is 2.76. The molecule has 9 nitrogen and oxygen atoms in total. The van der Waals surface area contributed by atoms with Crippen LogP contribution in [-0.4, -0.2) is 75.0 Å². The minimum Gasteiger partial charge on any atom is -0.378 e. The van der Waals surface area contributed by atoms with Gasteiger partial charge in [-0.1, -0.05) is 41.3 Å². The number of nitrogens with zero attached hydrogens (tertiary/aromatic N) is 4. The number of hydrogen-bond acceptors (Lipinski definition) is 9. The summed E-state index contributed by atoms with van der Waals surface area (Å²) in [5.74, 6) is -0.0180. The number of sulfonamides is 1. The molecule has 1 saturated heterocycles. The molecule has 0 atom stereocenters. The van der Waals surface area contributed by atoms with Crippen molar-refractivity contribution in [3.63, 3.8) is 0 Å². The van der Waals surface area contributed by atoms with E-state index in [1.807, 2.05) is 0 Å². The molecule has 29 heavy (non-hydrogen) atoms. The Balaban J connectivity index is 1.53. The van der Waals surface area contributed by atoms with Crippen molar-refractivity contribution in [3.05, 3.63) is 29.8 Å². The Hall–Kier alpha value is -1.73. The number of rotatable bonds is 8. The van der Waals surface area contributed by atoms with Crippen LogP contribution in [-0.2, 0) is 26.1 Å². The lowest BCUT2D eigenvalue weighted by Crippen LogP contribution is -2.36. The summed E-state index contributed by atoms with van der Waals surface area (Å²) in [5, 5.41) is 11.9. The quantitative estimate of drug-likeness (QED) is 0.586. The van der Waals surface area contributed by atoms with Crippen LogP contribution in [0.3, 0.4) is 0 Å². The van der Waals surface area contributed by atoms with E-state index in [9.17, 15) is 13.2 Å². The lowest BCUT2D eigenvalue weighted by Gasteiger charge is -2.25. The topological polar surface area (TPSA) is 105 Å². The van der Waals surface area contributed by atoms with Crippen LogP contribution in [0, 0.1) is 0 Å². The van der Waals surface area contributed by atoms with E-state index in [1.165, 1.54) is 37.2 Å². The van der Waals surface area contributed by atoms with Crippen molar-refractivity contribution in [3.8, 4) is 0 Å². The molecule has 1 aliphatic rings. The second-order valence-corrected chi connectivity index (χ2v) is 10.7. The fraction of sp³-hybridized carbons (Fsp3) is 0.471. The van der Waals surface area contributed by atoms with Gasteiger partial charge in [0.15, 0.2) is 4.34 Å². The van der Waals surface area contributed by atoms with Gasteiger partial charge in [-0.15, -0.1) is 10.2 Å². The van der Waals surface area contributed by atoms with Gasteiger partial charge in [0.05, 0.1) is 23.9 Å². The van der Waals surface area contributed by atoms with Gasteiger partial charge in [-0.2, -0.15) is 0 Å². The first-order chi connectivity index (χ1) is 13.9. The minimum atomic E-state index is -3.57. The molecular weight excluding hydrogens is 434 g/mol. The van der Waals surface area contributed by atoms with E-state index in [-0.39, 0.29) is 23.1 Å². The number of hydrogen-bond donors (Lipinski definition) is 1. The van der Waals surface area contributed by atoms with E-state index in [0.717, 1.165) is 26.9 Å². The molecule has 1 aromatic carbocycles. The van der Waals surface area contributed by atoms with Crippen molar-refractivity contribution in [1.82, 2.24) is 19.8 Å². The average molecular weight is 458 g/mol. The number of carbonyl (C=O) groups is 1. The third-order valence-electron chi connectivity index (χ3n) is 4.21. The Labute approximate surface area is 178 Å². The van der Waals surface area contributed by atoms with Gasteiger partial charge in [-0.3, -0.25) is 4.79 Å². The SMILES string of the molecule is CN(C)S(=O)(=O)c1ccccc1CNC(=O)CSc1nnc(N2CCOCC2)s1. The summed E-state index contributed by atoms with van der Waals surface area (Å²) in [5.41, 5.74) is 0.546. The first kappa shape index (κ1) is 22.0. The molecule has 1 fully saturated rings. The zero-order valence-corrected chi connectivity index (χ0v) is 18.6. The van der Waals surface area contributed by atoms with Crippen LogP contribution in [0.1, 0.15) is 5.56 Å². The Morgan fingerprint density at radius 2 is 2.00 bits per heavy atom. The predicted molar refractivity (Wildman–Crippen MR) is 113 cm³/mol. The monoisotopic (exact) mass is 457 g/mol. The van der Waals surface area contributed by atoms with Crippen LogP contribution in [0.4, 0.5) is 5.13 Å². The van der Waals surface area contributed by atoms with Crippen molar-refractivity contribution in [2.75, 3.05) is 51.1 Å². The zero-order chi connectivity index (χ0) is 20.9. The van der Waals surface area contributed by atoms with Crippen LogP contribution >= 0.6 is 23.1 Å². The number of amides is 1. The molecule has 2 aromatic rings. The van der Waals surface area contributed by atoms with Gasteiger partial charge in [0, 0.05) is 33.7 Å². The number of benzene rings is 1. The average Bonchev–Trinajstić information content (AvgIpc) is 3.20. The predicted octanol–water partition coefficient (Wildman–Crippen LogP) is 1.03. The highest BCUT2D eigenvalue weighted by Gasteiger charge is 2.21. The van der Waals surface area contributed by atoms with Gasteiger partial charge in [-0.05, 0) is 11.6 Å². The fourth-order valence-corrected chi connectivity index (χ4v) is 5.45. The Morgan fingerprint density at radius 3 is 2.72 bits per heavy atom. The van der Waals surface area contributed by atoms with Crippen LogP contribution in [0.25, 0.3) is 0 Å². The fourth-order valence-electron chi connectivity index (χ4n) is 2.61. The molecule has 0 aliphatic carbocycles. The molecule has 0 saturated carbocycles. The Morgan fingerprint density at radius 1 is 1.28 bits per heavy atom. The largest absolute Gasteiger partial charge is 0.378 e. The normalized spacial score (nSPS) is 14.9. The van der Waals surface area contributed by atoms with E-state index in [0.29, 0.717) is 18.8 Å². The molecule has 158 valence electrons. The smallest absolute Gasteiger partial charge is 0.242 e. The molecule has 1 amide bonds. The molecule has 0 radical (unpaired) electrons. The molecule has 0 spiro atoms. The standard InChI is InChI=1S/C17H23N5O4S3/c1-21(2)29(24,25)14-6-4-3-5-13(14)11-18-15(23)12-27-17-20-19-16(28-17)22-7-9-26-10-8-22/h3-6H,7-12H2,1-2H3,(H,18,23). The molecule has 3 rings (SSSR count). The van der Waals surface area contributed by atoms with Crippen LogP contribution in [0.2, 0.25) is 0 Å². The highest BCUT2D eigenvalue weighted by atomic mass is 32.2. The maximum atomic E-state index is 12.4. The van der Waals surface area contributed by atoms with Crippen LogP contribution in [0.15, 0.2) is 33.5 Å². The van der Waals surface area contributed by atoms with Crippen molar-refractivity contribution < 1.29 is 17.9 Å². The third-order valence-corrected chi connectivity index (χ3v) is 8.24. The number of anilines is 1. The van der Waals surface area contributed by atoms with Gasteiger partial charge < -0.3 is 15.0 Å². The number of aromatic nitrogens is 2. The van der Waals surface area contributed by atoms with Crippen LogP contribution in [0.5, 0.6) is 0 Å². The molecule has 1 N–H and O–H groups in total. The summed E-state index contributed by atoms with van der Waals surface area (Å²) in [6.45, 7) is 3.06. The lowest BCUT2D eigenvalue weighted by molar-refractivity contribution is -0.118. The van der Waals surface area contributed by atoms with E-state index in [2.05, 4.69) is 20.4 Å². The maximum absolute atomic E-state index is 12.4. The van der Waals surface area contributed by atoms with Gasteiger partial charge in [0.25, 0.3) is 0 Å². The number of carbonyl (C=O) groups excluding carboxylic acids is 1. The van der Waals surface area contributed by atoms with Crippen LogP contribution < -0.4 is 10.2 Å². The lowest BCUT2D eigenvalue weighted by atomic mass is 10.2. The van der Waals surface area contributed by atoms with Crippen molar-refractivity contribution >= 4 is 44.2 Å². The molecule has 2 heterocycles. The van der Waals surface area contributed by atoms with Crippen molar-refractivity contribution in [1.29, 1.82) is 0 Å². The van der Waals surface area contributed by atoms with E-state index < -0.39 is 10.0 Å². The molecule has 0 unspecified atom stereocenters. The van der Waals surface area contributed by atoms with Crippen molar-refractivity contribution in [2.24, 2.45) is 0 Å².